The first kappa shape index (κ1) is 9.68. The van der Waals surface area contributed by atoms with Crippen LogP contribution < -0.4 is 15.7 Å². The molecule has 0 atom stereocenters. The van der Waals surface area contributed by atoms with Crippen LogP contribution in [0.5, 0.6) is 0 Å². The molecule has 3 rings (SSSR count). The van der Waals surface area contributed by atoms with E-state index in [2.05, 4.69) is 20.4 Å². The van der Waals surface area contributed by atoms with Gasteiger partial charge in [0.05, 0.1) is 0 Å². The van der Waals surface area contributed by atoms with Gasteiger partial charge in [0, 0.05) is 32.1 Å². The maximum atomic E-state index is 6.39. The fourth-order valence-corrected chi connectivity index (χ4v) is 2.15. The third-order valence-electron chi connectivity index (χ3n) is 3.18. The number of nitrogens with two attached hydrogens (primary N) is 1. The molecule has 0 amide bonds. The van der Waals surface area contributed by atoms with E-state index in [9.17, 15) is 0 Å². The maximum absolute atomic E-state index is 6.39. The van der Waals surface area contributed by atoms with Crippen LogP contribution in [0.3, 0.4) is 0 Å². The minimum atomic E-state index is -0.327. The zero-order valence-corrected chi connectivity index (χ0v) is 8.98. The topological polar surface area (TPSA) is 83.5 Å². The van der Waals surface area contributed by atoms with E-state index in [0.717, 1.165) is 37.0 Å². The number of fused-ring (bicyclic) bond motifs is 1. The molecule has 0 spiro atoms. The molecule has 4 N–H and O–H groups in total. The van der Waals surface area contributed by atoms with E-state index >= 15 is 0 Å². The molecule has 6 nitrogen and oxygen atoms in total. The van der Waals surface area contributed by atoms with Gasteiger partial charge in [-0.2, -0.15) is 0 Å². The van der Waals surface area contributed by atoms with Crippen molar-refractivity contribution in [2.24, 2.45) is 5.73 Å². The second-order valence-electron chi connectivity index (χ2n) is 4.29. The zero-order valence-electron chi connectivity index (χ0n) is 8.98. The molecule has 2 aromatic rings. The SMILES string of the molecule is NC1([n+]2cc3cncnc3[nH]2)CCNCC1. The molecule has 84 valence electrons. The molecule has 1 aliphatic rings. The predicted molar refractivity (Wildman–Crippen MR) is 58.3 cm³/mol. The molecule has 1 aliphatic heterocycles. The Morgan fingerprint density at radius 1 is 1.38 bits per heavy atom. The van der Waals surface area contributed by atoms with Crippen LogP contribution in [0.4, 0.5) is 0 Å². The van der Waals surface area contributed by atoms with Gasteiger partial charge >= 0.3 is 0 Å². The number of nitrogens with one attached hydrogen (secondary N) is 2. The minimum absolute atomic E-state index is 0.327. The van der Waals surface area contributed by atoms with Crippen molar-refractivity contribution in [2.45, 2.75) is 18.5 Å². The molecule has 1 fully saturated rings. The molecule has 1 saturated heterocycles. The molecule has 3 heterocycles. The van der Waals surface area contributed by atoms with Gasteiger partial charge in [-0.05, 0) is 0 Å². The second-order valence-corrected chi connectivity index (χ2v) is 4.29. The molecule has 0 saturated carbocycles. The quantitative estimate of drug-likeness (QED) is 0.551. The van der Waals surface area contributed by atoms with Gasteiger partial charge in [0.25, 0.3) is 0 Å². The summed E-state index contributed by atoms with van der Waals surface area (Å²) in [5.74, 6) is 0. The third-order valence-corrected chi connectivity index (χ3v) is 3.18. The highest BCUT2D eigenvalue weighted by atomic mass is 15.4. The normalized spacial score (nSPS) is 20.1. The van der Waals surface area contributed by atoms with Crippen LogP contribution in [0.1, 0.15) is 12.8 Å². The van der Waals surface area contributed by atoms with Gasteiger partial charge in [0.2, 0.25) is 17.5 Å². The smallest absolute Gasteiger partial charge is 0.245 e. The Morgan fingerprint density at radius 2 is 2.19 bits per heavy atom. The van der Waals surface area contributed by atoms with E-state index in [-0.39, 0.29) is 5.66 Å². The zero-order chi connectivity index (χ0) is 11.0. The van der Waals surface area contributed by atoms with E-state index in [1.807, 2.05) is 10.9 Å². The number of aromatic amines is 1. The van der Waals surface area contributed by atoms with Gasteiger partial charge in [-0.25, -0.2) is 9.97 Å². The fraction of sp³-hybridized carbons (Fsp3) is 0.500. The summed E-state index contributed by atoms with van der Waals surface area (Å²) >= 11 is 0. The van der Waals surface area contributed by atoms with E-state index in [1.165, 1.54) is 6.33 Å². The van der Waals surface area contributed by atoms with E-state index in [0.29, 0.717) is 0 Å². The van der Waals surface area contributed by atoms with Crippen molar-refractivity contribution in [1.82, 2.24) is 20.4 Å². The Morgan fingerprint density at radius 3 is 2.94 bits per heavy atom. The van der Waals surface area contributed by atoms with E-state index in [4.69, 9.17) is 5.73 Å². The van der Waals surface area contributed by atoms with E-state index < -0.39 is 0 Å². The molecular weight excluding hydrogens is 204 g/mol. The Labute approximate surface area is 92.9 Å². The summed E-state index contributed by atoms with van der Waals surface area (Å²) in [4.78, 5) is 8.17. The molecule has 0 radical (unpaired) electrons. The number of hydrogen-bond donors (Lipinski definition) is 3. The van der Waals surface area contributed by atoms with Gasteiger partial charge in [-0.15, -0.1) is 5.10 Å². The van der Waals surface area contributed by atoms with E-state index in [1.54, 1.807) is 6.20 Å². The Balaban J connectivity index is 2.04. The summed E-state index contributed by atoms with van der Waals surface area (Å²) in [6.07, 6.45) is 7.14. The molecule has 0 bridgehead atoms. The van der Waals surface area contributed by atoms with Crippen molar-refractivity contribution in [1.29, 1.82) is 0 Å². The first-order valence-corrected chi connectivity index (χ1v) is 5.48. The summed E-state index contributed by atoms with van der Waals surface area (Å²) < 4.78 is 1.97. The summed E-state index contributed by atoms with van der Waals surface area (Å²) in [6.45, 7) is 1.90. The average Bonchev–Trinajstić information content (AvgIpc) is 2.74. The van der Waals surface area contributed by atoms with Crippen molar-refractivity contribution in [3.8, 4) is 0 Å². The van der Waals surface area contributed by atoms with Crippen molar-refractivity contribution in [2.75, 3.05) is 13.1 Å². The molecule has 2 aromatic heterocycles. The lowest BCUT2D eigenvalue weighted by atomic mass is 10.00. The standard InChI is InChI=1S/C10H14N6/c11-10(1-3-12-4-2-10)16-6-8-5-13-7-14-9(8)15-16/h5-7,12H,1-4,11H2/p+1. The Kier molecular flexibility index (Phi) is 2.12. The Bertz CT molecular complexity index is 466. The number of H-pyrrole nitrogens is 1. The largest absolute Gasteiger partial charge is 0.316 e. The van der Waals surface area contributed by atoms with Gasteiger partial charge in [-0.1, -0.05) is 4.68 Å². The summed E-state index contributed by atoms with van der Waals surface area (Å²) in [5, 5.41) is 7.52. The van der Waals surface area contributed by atoms with Crippen LogP contribution in [0, 0.1) is 0 Å². The first-order chi connectivity index (χ1) is 7.78. The van der Waals surface area contributed by atoms with Crippen molar-refractivity contribution in [3.05, 3.63) is 18.7 Å². The molecular formula is C10H15N6+. The van der Waals surface area contributed by atoms with Gasteiger partial charge in [-0.3, -0.25) is 5.73 Å². The molecule has 0 unspecified atom stereocenters. The van der Waals surface area contributed by atoms with Crippen LogP contribution in [-0.4, -0.2) is 28.2 Å². The highest BCUT2D eigenvalue weighted by molar-refractivity contribution is 5.70. The van der Waals surface area contributed by atoms with Gasteiger partial charge in [0.15, 0.2) is 0 Å². The van der Waals surface area contributed by atoms with Crippen molar-refractivity contribution < 1.29 is 4.68 Å². The third kappa shape index (κ3) is 1.46. The van der Waals surface area contributed by atoms with Gasteiger partial charge in [0.1, 0.15) is 11.7 Å². The summed E-state index contributed by atoms with van der Waals surface area (Å²) in [7, 11) is 0. The predicted octanol–water partition coefficient (Wildman–Crippen LogP) is -0.760. The number of aromatic nitrogens is 4. The van der Waals surface area contributed by atoms with Crippen molar-refractivity contribution >= 4 is 11.0 Å². The lowest BCUT2D eigenvalue weighted by Gasteiger charge is -2.26. The average molecular weight is 219 g/mol. The highest BCUT2D eigenvalue weighted by Crippen LogP contribution is 2.15. The lowest BCUT2D eigenvalue weighted by molar-refractivity contribution is -0.812. The number of rotatable bonds is 1. The summed E-state index contributed by atoms with van der Waals surface area (Å²) in [6, 6.07) is 0. The van der Waals surface area contributed by atoms with Crippen LogP contribution in [0.2, 0.25) is 0 Å². The fourth-order valence-electron chi connectivity index (χ4n) is 2.15. The highest BCUT2D eigenvalue weighted by Gasteiger charge is 2.38. The lowest BCUT2D eigenvalue weighted by Crippen LogP contribution is -2.66. The van der Waals surface area contributed by atoms with Crippen LogP contribution >= 0.6 is 0 Å². The Hall–Kier alpha value is -1.53. The van der Waals surface area contributed by atoms with Crippen LogP contribution in [0.15, 0.2) is 18.7 Å². The molecule has 0 aromatic carbocycles. The van der Waals surface area contributed by atoms with Crippen LogP contribution in [0.25, 0.3) is 11.0 Å². The number of piperidine rings is 1. The monoisotopic (exact) mass is 219 g/mol. The second kappa shape index (κ2) is 3.50. The number of nitrogens with zero attached hydrogens (tertiary/aromatic N) is 3. The molecule has 0 aliphatic carbocycles. The summed E-state index contributed by atoms with van der Waals surface area (Å²) in [5.41, 5.74) is 6.89. The van der Waals surface area contributed by atoms with Crippen molar-refractivity contribution in [3.63, 3.8) is 0 Å². The number of hydrogen-bond acceptors (Lipinski definition) is 4. The molecule has 16 heavy (non-hydrogen) atoms. The molecule has 6 heteroatoms. The maximum Gasteiger partial charge on any atom is 0.245 e. The van der Waals surface area contributed by atoms with Crippen LogP contribution in [-0.2, 0) is 5.66 Å². The minimum Gasteiger partial charge on any atom is -0.316 e. The van der Waals surface area contributed by atoms with Gasteiger partial charge < -0.3 is 5.32 Å². The first-order valence-electron chi connectivity index (χ1n) is 5.48.